The van der Waals surface area contributed by atoms with Crippen LogP contribution in [0.1, 0.15) is 37.0 Å². The molecule has 0 unspecified atom stereocenters. The minimum Gasteiger partial charge on any atom is -0.354 e. The summed E-state index contributed by atoms with van der Waals surface area (Å²) in [7, 11) is 0. The molecule has 2 amide bonds. The Morgan fingerprint density at radius 1 is 1.14 bits per heavy atom. The predicted octanol–water partition coefficient (Wildman–Crippen LogP) is 4.93. The van der Waals surface area contributed by atoms with Crippen molar-refractivity contribution < 1.29 is 9.59 Å². The van der Waals surface area contributed by atoms with Crippen molar-refractivity contribution in [1.29, 1.82) is 0 Å². The van der Waals surface area contributed by atoms with Gasteiger partial charge in [-0.05, 0) is 43.5 Å². The number of thioether (sulfide) groups is 1. The van der Waals surface area contributed by atoms with Crippen LogP contribution in [0.4, 0.5) is 0 Å². The highest BCUT2D eigenvalue weighted by molar-refractivity contribution is 9.10. The lowest BCUT2D eigenvalue weighted by Gasteiger charge is -2.29. The van der Waals surface area contributed by atoms with E-state index in [0.717, 1.165) is 22.2 Å². The van der Waals surface area contributed by atoms with Crippen LogP contribution in [0, 0.1) is 6.92 Å². The highest BCUT2D eigenvalue weighted by Crippen LogP contribution is 2.18. The van der Waals surface area contributed by atoms with Gasteiger partial charge < -0.3 is 10.2 Å². The lowest BCUT2D eigenvalue weighted by Crippen LogP contribution is -2.48. The number of carbonyl (C=O) groups excluding carboxylic acids is 2. The fraction of sp³-hybridized carbons (Fsp3) is 0.391. The molecule has 1 N–H and O–H groups in total. The van der Waals surface area contributed by atoms with Crippen molar-refractivity contribution in [2.45, 2.75) is 45.5 Å². The number of carbonyl (C=O) groups is 2. The molecule has 0 aliphatic heterocycles. The Hall–Kier alpha value is -1.79. The highest BCUT2D eigenvalue weighted by Gasteiger charge is 2.25. The van der Waals surface area contributed by atoms with Gasteiger partial charge in [0.2, 0.25) is 11.8 Å². The molecule has 0 radical (unpaired) electrons. The van der Waals surface area contributed by atoms with E-state index < -0.39 is 6.04 Å². The second-order valence-corrected chi connectivity index (χ2v) is 9.00. The average molecular weight is 477 g/mol. The van der Waals surface area contributed by atoms with Gasteiger partial charge in [-0.1, -0.05) is 64.8 Å². The van der Waals surface area contributed by atoms with E-state index in [-0.39, 0.29) is 11.8 Å². The number of nitrogens with one attached hydrogen (secondary N) is 1. The molecule has 0 saturated heterocycles. The van der Waals surface area contributed by atoms with Gasteiger partial charge >= 0.3 is 0 Å². The summed E-state index contributed by atoms with van der Waals surface area (Å²) in [5.41, 5.74) is 3.41. The lowest BCUT2D eigenvalue weighted by atomic mass is 10.1. The maximum absolute atomic E-state index is 13.0. The zero-order chi connectivity index (χ0) is 21.2. The molecule has 0 aliphatic rings. The van der Waals surface area contributed by atoms with E-state index in [2.05, 4.69) is 52.4 Å². The van der Waals surface area contributed by atoms with Crippen molar-refractivity contribution in [3.63, 3.8) is 0 Å². The fourth-order valence-corrected chi connectivity index (χ4v) is 4.15. The average Bonchev–Trinajstić information content (AvgIpc) is 2.71. The maximum atomic E-state index is 13.0. The van der Waals surface area contributed by atoms with E-state index >= 15 is 0 Å². The summed E-state index contributed by atoms with van der Waals surface area (Å²) >= 11 is 5.05. The summed E-state index contributed by atoms with van der Waals surface area (Å²) in [5, 5.41) is 2.90. The molecule has 0 saturated carbocycles. The number of hydrogen-bond donors (Lipinski definition) is 1. The molecule has 156 valence electrons. The highest BCUT2D eigenvalue weighted by atomic mass is 79.9. The Bertz CT molecular complexity index is 811. The van der Waals surface area contributed by atoms with E-state index in [0.29, 0.717) is 18.8 Å². The smallest absolute Gasteiger partial charge is 0.242 e. The molecule has 0 aliphatic carbocycles. The number of rotatable bonds is 10. The van der Waals surface area contributed by atoms with Crippen LogP contribution in [0.5, 0.6) is 0 Å². The van der Waals surface area contributed by atoms with Crippen molar-refractivity contribution >= 4 is 39.5 Å². The van der Waals surface area contributed by atoms with Crippen LogP contribution in [0.2, 0.25) is 0 Å². The molecule has 0 heterocycles. The van der Waals surface area contributed by atoms with Gasteiger partial charge in [-0.15, -0.1) is 11.8 Å². The van der Waals surface area contributed by atoms with Gasteiger partial charge in [0.25, 0.3) is 0 Å². The molecule has 2 aromatic carbocycles. The van der Waals surface area contributed by atoms with E-state index in [1.54, 1.807) is 23.6 Å². The molecular formula is C23H29BrN2O2S. The molecular weight excluding hydrogens is 448 g/mol. The summed E-state index contributed by atoms with van der Waals surface area (Å²) < 4.78 is 0.958. The summed E-state index contributed by atoms with van der Waals surface area (Å²) in [5.74, 6) is 0.973. The first kappa shape index (κ1) is 23.5. The first-order chi connectivity index (χ1) is 13.9. The minimum absolute atomic E-state index is 0.0266. The van der Waals surface area contributed by atoms with Crippen molar-refractivity contribution in [3.8, 4) is 0 Å². The summed E-state index contributed by atoms with van der Waals surface area (Å²) in [6.45, 7) is 6.89. The number of benzene rings is 2. The van der Waals surface area contributed by atoms with Crippen LogP contribution in [-0.2, 0) is 21.9 Å². The van der Waals surface area contributed by atoms with Gasteiger partial charge in [0, 0.05) is 23.3 Å². The van der Waals surface area contributed by atoms with Crippen LogP contribution in [-0.4, -0.2) is 35.1 Å². The molecule has 6 heteroatoms. The third-order valence-corrected chi connectivity index (χ3v) is 6.06. The topological polar surface area (TPSA) is 49.4 Å². The monoisotopic (exact) mass is 476 g/mol. The molecule has 0 bridgehead atoms. The van der Waals surface area contributed by atoms with Crippen LogP contribution in [0.25, 0.3) is 0 Å². The Balaban J connectivity index is 2.04. The molecule has 1 atom stereocenters. The molecule has 2 rings (SSSR count). The third kappa shape index (κ3) is 7.86. The molecule has 0 fully saturated rings. The van der Waals surface area contributed by atoms with E-state index in [4.69, 9.17) is 0 Å². The van der Waals surface area contributed by atoms with Crippen LogP contribution in [0.15, 0.2) is 53.0 Å². The summed E-state index contributed by atoms with van der Waals surface area (Å²) in [6, 6.07) is 15.7. The van der Waals surface area contributed by atoms with Gasteiger partial charge in [0.05, 0.1) is 5.75 Å². The SMILES string of the molecule is CCCNC(=O)[C@H](C)N(Cc1cccc(Br)c1)C(=O)CSCc1ccc(C)cc1. The van der Waals surface area contributed by atoms with Crippen molar-refractivity contribution in [2.75, 3.05) is 12.3 Å². The van der Waals surface area contributed by atoms with Crippen molar-refractivity contribution in [1.82, 2.24) is 10.2 Å². The van der Waals surface area contributed by atoms with Crippen molar-refractivity contribution in [3.05, 3.63) is 69.7 Å². The standard InChI is InChI=1S/C23H29BrN2O2S/c1-4-12-25-23(28)18(3)26(14-20-6-5-7-21(24)13-20)22(27)16-29-15-19-10-8-17(2)9-11-19/h5-11,13,18H,4,12,14-16H2,1-3H3,(H,25,28)/t18-/m0/s1. The first-order valence-electron chi connectivity index (χ1n) is 9.85. The van der Waals surface area contributed by atoms with Crippen molar-refractivity contribution in [2.24, 2.45) is 0 Å². The van der Waals surface area contributed by atoms with Crippen LogP contribution in [0.3, 0.4) is 0 Å². The van der Waals surface area contributed by atoms with Gasteiger partial charge in [0.15, 0.2) is 0 Å². The number of hydrogen-bond acceptors (Lipinski definition) is 3. The Labute approximate surface area is 186 Å². The molecule has 2 aromatic rings. The third-order valence-electron chi connectivity index (χ3n) is 4.57. The second-order valence-electron chi connectivity index (χ2n) is 7.10. The van der Waals surface area contributed by atoms with Gasteiger partial charge in [-0.25, -0.2) is 0 Å². The Kier molecular flexibility index (Phi) is 9.74. The molecule has 0 aromatic heterocycles. The molecule has 29 heavy (non-hydrogen) atoms. The minimum atomic E-state index is -0.520. The second kappa shape index (κ2) is 12.0. The van der Waals surface area contributed by atoms with E-state index in [1.165, 1.54) is 11.1 Å². The summed E-state index contributed by atoms with van der Waals surface area (Å²) in [4.78, 5) is 27.2. The molecule has 4 nitrogen and oxygen atoms in total. The van der Waals surface area contributed by atoms with Crippen LogP contribution < -0.4 is 5.32 Å². The van der Waals surface area contributed by atoms with E-state index in [9.17, 15) is 9.59 Å². The Morgan fingerprint density at radius 2 is 1.86 bits per heavy atom. The normalized spacial score (nSPS) is 11.7. The quantitative estimate of drug-likeness (QED) is 0.528. The number of nitrogens with zero attached hydrogens (tertiary/aromatic N) is 1. The molecule has 0 spiro atoms. The van der Waals surface area contributed by atoms with Crippen LogP contribution >= 0.6 is 27.7 Å². The Morgan fingerprint density at radius 3 is 2.52 bits per heavy atom. The maximum Gasteiger partial charge on any atom is 0.242 e. The van der Waals surface area contributed by atoms with Gasteiger partial charge in [0.1, 0.15) is 6.04 Å². The van der Waals surface area contributed by atoms with Gasteiger partial charge in [-0.2, -0.15) is 0 Å². The number of aryl methyl sites for hydroxylation is 1. The summed E-state index contributed by atoms with van der Waals surface area (Å²) in [6.07, 6.45) is 0.866. The number of amides is 2. The predicted molar refractivity (Wildman–Crippen MR) is 125 cm³/mol. The van der Waals surface area contributed by atoms with E-state index in [1.807, 2.05) is 31.2 Å². The first-order valence-corrected chi connectivity index (χ1v) is 11.8. The fourth-order valence-electron chi connectivity index (χ4n) is 2.83. The van der Waals surface area contributed by atoms with Gasteiger partial charge in [-0.3, -0.25) is 9.59 Å². The number of halogens is 1. The zero-order valence-corrected chi connectivity index (χ0v) is 19.7. The lowest BCUT2D eigenvalue weighted by molar-refractivity contribution is -0.138. The largest absolute Gasteiger partial charge is 0.354 e. The zero-order valence-electron chi connectivity index (χ0n) is 17.3.